The van der Waals surface area contributed by atoms with Gasteiger partial charge in [0, 0.05) is 19.7 Å². The van der Waals surface area contributed by atoms with E-state index in [1.54, 1.807) is 13.1 Å². The third-order valence-electron chi connectivity index (χ3n) is 2.96. The number of nitrogens with zero attached hydrogens (tertiary/aromatic N) is 1. The quantitative estimate of drug-likeness (QED) is 0.724. The van der Waals surface area contributed by atoms with Crippen molar-refractivity contribution in [1.82, 2.24) is 9.62 Å². The molecule has 1 rings (SSSR count). The number of rotatable bonds is 8. The molecule has 20 heavy (non-hydrogen) atoms. The third kappa shape index (κ3) is 3.84. The van der Waals surface area contributed by atoms with Gasteiger partial charge in [0.25, 0.3) is 0 Å². The van der Waals surface area contributed by atoms with Gasteiger partial charge < -0.3 is 14.8 Å². The number of ether oxygens (including phenoxy) is 2. The molecule has 0 aliphatic carbocycles. The van der Waals surface area contributed by atoms with E-state index in [1.165, 1.54) is 30.7 Å². The SMILES string of the molecule is CNCCCN(C)S(=O)(=O)c1ccc(OC)c(OC)c1. The lowest BCUT2D eigenvalue weighted by Crippen LogP contribution is -2.29. The Bertz CT molecular complexity index is 531. The van der Waals surface area contributed by atoms with Gasteiger partial charge in [-0.2, -0.15) is 0 Å². The third-order valence-corrected chi connectivity index (χ3v) is 4.82. The summed E-state index contributed by atoms with van der Waals surface area (Å²) in [4.78, 5) is 0.196. The van der Waals surface area contributed by atoms with Crippen LogP contribution >= 0.6 is 0 Å². The molecule has 0 aliphatic heterocycles. The second-order valence-corrected chi connectivity index (χ2v) is 6.35. The molecule has 1 aromatic carbocycles. The molecule has 1 N–H and O–H groups in total. The number of nitrogens with one attached hydrogen (secondary N) is 1. The Morgan fingerprint density at radius 2 is 1.85 bits per heavy atom. The molecule has 0 radical (unpaired) electrons. The number of benzene rings is 1. The van der Waals surface area contributed by atoms with E-state index in [-0.39, 0.29) is 4.90 Å². The standard InChI is InChI=1S/C13H22N2O4S/c1-14-8-5-9-15(2)20(16,17)11-6-7-12(18-3)13(10-11)19-4/h6-7,10,14H,5,8-9H2,1-4H3. The number of hydrogen-bond donors (Lipinski definition) is 1. The molecule has 0 bridgehead atoms. The molecule has 0 atom stereocenters. The molecule has 1 aromatic rings. The van der Waals surface area contributed by atoms with E-state index in [0.29, 0.717) is 18.0 Å². The fourth-order valence-electron chi connectivity index (χ4n) is 1.76. The highest BCUT2D eigenvalue weighted by molar-refractivity contribution is 7.89. The van der Waals surface area contributed by atoms with Crippen molar-refractivity contribution in [2.24, 2.45) is 0 Å². The van der Waals surface area contributed by atoms with Gasteiger partial charge in [0.1, 0.15) is 0 Å². The first kappa shape index (κ1) is 16.7. The van der Waals surface area contributed by atoms with E-state index in [0.717, 1.165) is 13.0 Å². The lowest BCUT2D eigenvalue weighted by atomic mass is 10.3. The first-order valence-corrected chi connectivity index (χ1v) is 7.74. The van der Waals surface area contributed by atoms with E-state index in [1.807, 2.05) is 7.05 Å². The van der Waals surface area contributed by atoms with Crippen LogP contribution in [0.2, 0.25) is 0 Å². The van der Waals surface area contributed by atoms with E-state index in [2.05, 4.69) is 5.32 Å². The Kier molecular flexibility index (Phi) is 6.25. The molecule has 0 fully saturated rings. The summed E-state index contributed by atoms with van der Waals surface area (Å²) in [5.41, 5.74) is 0. The van der Waals surface area contributed by atoms with E-state index in [4.69, 9.17) is 9.47 Å². The zero-order chi connectivity index (χ0) is 15.2. The van der Waals surface area contributed by atoms with Crippen molar-refractivity contribution in [3.8, 4) is 11.5 Å². The molecule has 0 spiro atoms. The maximum absolute atomic E-state index is 12.4. The van der Waals surface area contributed by atoms with Crippen molar-refractivity contribution in [1.29, 1.82) is 0 Å². The summed E-state index contributed by atoms with van der Waals surface area (Å²) >= 11 is 0. The maximum Gasteiger partial charge on any atom is 0.242 e. The summed E-state index contributed by atoms with van der Waals surface area (Å²) in [5, 5.41) is 2.99. The zero-order valence-electron chi connectivity index (χ0n) is 12.3. The smallest absolute Gasteiger partial charge is 0.242 e. The Hall–Kier alpha value is -1.31. The lowest BCUT2D eigenvalue weighted by Gasteiger charge is -2.18. The van der Waals surface area contributed by atoms with Gasteiger partial charge in [-0.1, -0.05) is 0 Å². The Morgan fingerprint density at radius 3 is 2.40 bits per heavy atom. The predicted octanol–water partition coefficient (Wildman–Crippen LogP) is 0.934. The van der Waals surface area contributed by atoms with Crippen LogP contribution in [-0.4, -0.2) is 54.1 Å². The first-order valence-electron chi connectivity index (χ1n) is 6.30. The molecule has 114 valence electrons. The molecule has 0 unspecified atom stereocenters. The van der Waals surface area contributed by atoms with Crippen LogP contribution in [0.5, 0.6) is 11.5 Å². The summed E-state index contributed by atoms with van der Waals surface area (Å²) in [6, 6.07) is 4.58. The average Bonchev–Trinajstić information content (AvgIpc) is 2.46. The average molecular weight is 302 g/mol. The molecule has 7 heteroatoms. The van der Waals surface area contributed by atoms with Crippen molar-refractivity contribution >= 4 is 10.0 Å². The Labute approximate surface area is 120 Å². The Morgan fingerprint density at radius 1 is 1.20 bits per heavy atom. The van der Waals surface area contributed by atoms with Gasteiger partial charge in [0.15, 0.2) is 11.5 Å². The fraction of sp³-hybridized carbons (Fsp3) is 0.538. The normalized spacial score (nSPS) is 11.7. The summed E-state index contributed by atoms with van der Waals surface area (Å²) in [6.45, 7) is 1.23. The summed E-state index contributed by atoms with van der Waals surface area (Å²) < 4.78 is 36.4. The highest BCUT2D eigenvalue weighted by Gasteiger charge is 2.21. The summed E-state index contributed by atoms with van der Waals surface area (Å²) in [7, 11) is 2.89. The lowest BCUT2D eigenvalue weighted by molar-refractivity contribution is 0.353. The number of methoxy groups -OCH3 is 2. The van der Waals surface area contributed by atoms with E-state index < -0.39 is 10.0 Å². The van der Waals surface area contributed by atoms with E-state index in [9.17, 15) is 8.42 Å². The minimum atomic E-state index is -3.51. The molecule has 0 aromatic heterocycles. The van der Waals surface area contributed by atoms with Crippen LogP contribution in [0.3, 0.4) is 0 Å². The molecular formula is C13H22N2O4S. The monoisotopic (exact) mass is 302 g/mol. The van der Waals surface area contributed by atoms with Crippen LogP contribution in [0, 0.1) is 0 Å². The van der Waals surface area contributed by atoms with Gasteiger partial charge >= 0.3 is 0 Å². The van der Waals surface area contributed by atoms with Gasteiger partial charge in [0.2, 0.25) is 10.0 Å². The van der Waals surface area contributed by atoms with Crippen LogP contribution in [0.1, 0.15) is 6.42 Å². The first-order chi connectivity index (χ1) is 9.47. The molecule has 0 saturated heterocycles. The minimum Gasteiger partial charge on any atom is -0.493 e. The Balaban J connectivity index is 2.97. The topological polar surface area (TPSA) is 67.9 Å². The van der Waals surface area contributed by atoms with Crippen LogP contribution in [0.25, 0.3) is 0 Å². The van der Waals surface area contributed by atoms with Crippen LogP contribution in [-0.2, 0) is 10.0 Å². The largest absolute Gasteiger partial charge is 0.493 e. The van der Waals surface area contributed by atoms with E-state index >= 15 is 0 Å². The van der Waals surface area contributed by atoms with Gasteiger partial charge in [-0.15, -0.1) is 0 Å². The molecule has 0 amide bonds. The van der Waals surface area contributed by atoms with Gasteiger partial charge in [0.05, 0.1) is 19.1 Å². The number of sulfonamides is 1. The molecular weight excluding hydrogens is 280 g/mol. The van der Waals surface area contributed by atoms with Crippen molar-refractivity contribution < 1.29 is 17.9 Å². The molecule has 0 heterocycles. The van der Waals surface area contributed by atoms with Crippen LogP contribution < -0.4 is 14.8 Å². The highest BCUT2D eigenvalue weighted by Crippen LogP contribution is 2.30. The summed E-state index contributed by atoms with van der Waals surface area (Å²) in [6.07, 6.45) is 0.750. The van der Waals surface area contributed by atoms with Crippen molar-refractivity contribution in [2.75, 3.05) is 41.4 Å². The van der Waals surface area contributed by atoms with Crippen molar-refractivity contribution in [3.63, 3.8) is 0 Å². The van der Waals surface area contributed by atoms with Gasteiger partial charge in [-0.25, -0.2) is 12.7 Å². The van der Waals surface area contributed by atoms with Gasteiger partial charge in [-0.05, 0) is 32.1 Å². The second kappa shape index (κ2) is 7.47. The second-order valence-electron chi connectivity index (χ2n) is 4.30. The minimum absolute atomic E-state index is 0.196. The molecule has 6 nitrogen and oxygen atoms in total. The van der Waals surface area contributed by atoms with Crippen molar-refractivity contribution in [2.45, 2.75) is 11.3 Å². The zero-order valence-corrected chi connectivity index (χ0v) is 13.2. The van der Waals surface area contributed by atoms with Crippen molar-refractivity contribution in [3.05, 3.63) is 18.2 Å². The van der Waals surface area contributed by atoms with Crippen LogP contribution in [0.15, 0.2) is 23.1 Å². The maximum atomic E-state index is 12.4. The molecule has 0 aliphatic rings. The fourth-order valence-corrected chi connectivity index (χ4v) is 2.98. The number of hydrogen-bond acceptors (Lipinski definition) is 5. The van der Waals surface area contributed by atoms with Gasteiger partial charge in [-0.3, -0.25) is 0 Å². The van der Waals surface area contributed by atoms with Crippen LogP contribution in [0.4, 0.5) is 0 Å². The molecule has 0 saturated carbocycles. The summed E-state index contributed by atoms with van der Waals surface area (Å²) in [5.74, 6) is 0.904. The highest BCUT2D eigenvalue weighted by atomic mass is 32.2. The predicted molar refractivity (Wildman–Crippen MR) is 77.9 cm³/mol.